The molecule has 3 nitrogen and oxygen atoms in total. The number of aliphatic carboxylic acids is 1. The second kappa shape index (κ2) is 5.12. The van der Waals surface area contributed by atoms with Crippen molar-refractivity contribution in [2.75, 3.05) is 0 Å². The standard InChI is InChI=1S/C17H22O3/c18-15-11-13-7-3-2-6-12(13)10-14(15)17(16(19)20)8-4-1-5-9-17/h10-11,18H,1-9H2,(H,19,20). The molecule has 0 atom stereocenters. The van der Waals surface area contributed by atoms with E-state index >= 15 is 0 Å². The molecule has 0 saturated heterocycles. The number of carbonyl (C=O) groups is 1. The lowest BCUT2D eigenvalue weighted by atomic mass is 9.68. The normalized spacial score (nSPS) is 21.2. The molecule has 0 radical (unpaired) electrons. The van der Waals surface area contributed by atoms with E-state index in [1.165, 1.54) is 11.1 Å². The van der Waals surface area contributed by atoms with Gasteiger partial charge in [-0.3, -0.25) is 4.79 Å². The molecule has 0 unspecified atom stereocenters. The number of benzene rings is 1. The number of phenols is 1. The summed E-state index contributed by atoms with van der Waals surface area (Å²) in [5.41, 5.74) is 2.24. The first-order valence-corrected chi connectivity index (χ1v) is 7.72. The van der Waals surface area contributed by atoms with Crippen molar-refractivity contribution in [3.05, 3.63) is 28.8 Å². The Hall–Kier alpha value is -1.51. The Balaban J connectivity index is 2.09. The Labute approximate surface area is 119 Å². The highest BCUT2D eigenvalue weighted by atomic mass is 16.4. The Bertz CT molecular complexity index is 527. The van der Waals surface area contributed by atoms with Crippen LogP contribution in [0.25, 0.3) is 0 Å². The van der Waals surface area contributed by atoms with E-state index in [2.05, 4.69) is 0 Å². The number of carboxylic acids is 1. The highest BCUT2D eigenvalue weighted by Crippen LogP contribution is 2.44. The van der Waals surface area contributed by atoms with E-state index in [4.69, 9.17) is 0 Å². The van der Waals surface area contributed by atoms with Crippen molar-refractivity contribution in [1.82, 2.24) is 0 Å². The predicted octanol–water partition coefficient (Wildman–Crippen LogP) is 3.56. The summed E-state index contributed by atoms with van der Waals surface area (Å²) in [4.78, 5) is 11.9. The van der Waals surface area contributed by atoms with Gasteiger partial charge >= 0.3 is 5.97 Å². The molecule has 3 heteroatoms. The maximum absolute atomic E-state index is 11.9. The summed E-state index contributed by atoms with van der Waals surface area (Å²) in [6.45, 7) is 0. The average Bonchev–Trinajstić information content (AvgIpc) is 2.47. The molecule has 2 aliphatic rings. The Morgan fingerprint density at radius 2 is 1.55 bits per heavy atom. The summed E-state index contributed by atoms with van der Waals surface area (Å²) in [6.07, 6.45) is 8.60. The first kappa shape index (κ1) is 13.5. The van der Waals surface area contributed by atoms with Gasteiger partial charge in [0.15, 0.2) is 0 Å². The van der Waals surface area contributed by atoms with Gasteiger partial charge in [-0.15, -0.1) is 0 Å². The van der Waals surface area contributed by atoms with Crippen LogP contribution in [0, 0.1) is 0 Å². The second-order valence-corrected chi connectivity index (χ2v) is 6.29. The fraction of sp³-hybridized carbons (Fsp3) is 0.588. The number of hydrogen-bond acceptors (Lipinski definition) is 2. The Morgan fingerprint density at radius 1 is 0.950 bits per heavy atom. The summed E-state index contributed by atoms with van der Waals surface area (Å²) in [7, 11) is 0. The number of hydrogen-bond donors (Lipinski definition) is 2. The molecule has 2 N–H and O–H groups in total. The number of fused-ring (bicyclic) bond motifs is 1. The van der Waals surface area contributed by atoms with Gasteiger partial charge in [0.25, 0.3) is 0 Å². The molecule has 0 aromatic heterocycles. The van der Waals surface area contributed by atoms with Gasteiger partial charge in [-0.1, -0.05) is 25.3 Å². The zero-order valence-electron chi connectivity index (χ0n) is 11.8. The number of rotatable bonds is 2. The molecule has 0 bridgehead atoms. The summed E-state index contributed by atoms with van der Waals surface area (Å²) in [5, 5.41) is 20.1. The lowest BCUT2D eigenvalue weighted by Gasteiger charge is -2.35. The van der Waals surface area contributed by atoms with E-state index in [0.29, 0.717) is 18.4 Å². The maximum atomic E-state index is 11.9. The van der Waals surface area contributed by atoms with Crippen molar-refractivity contribution in [3.8, 4) is 5.75 Å². The van der Waals surface area contributed by atoms with Crippen LogP contribution in [-0.2, 0) is 23.1 Å². The summed E-state index contributed by atoms with van der Waals surface area (Å²) in [6, 6.07) is 3.81. The van der Waals surface area contributed by atoms with E-state index in [1.807, 2.05) is 12.1 Å². The topological polar surface area (TPSA) is 57.5 Å². The predicted molar refractivity (Wildman–Crippen MR) is 77.1 cm³/mol. The maximum Gasteiger partial charge on any atom is 0.314 e. The van der Waals surface area contributed by atoms with Gasteiger partial charge in [-0.25, -0.2) is 0 Å². The van der Waals surface area contributed by atoms with Crippen LogP contribution in [0.15, 0.2) is 12.1 Å². The van der Waals surface area contributed by atoms with Crippen LogP contribution in [0.3, 0.4) is 0 Å². The van der Waals surface area contributed by atoms with Gasteiger partial charge in [-0.2, -0.15) is 0 Å². The van der Waals surface area contributed by atoms with Gasteiger partial charge in [-0.05, 0) is 55.7 Å². The molecule has 1 saturated carbocycles. The number of phenolic OH excluding ortho intramolecular Hbond substituents is 1. The third kappa shape index (κ3) is 2.09. The SMILES string of the molecule is O=C(O)C1(c2cc3c(cc2O)CCCC3)CCCCC1. The lowest BCUT2D eigenvalue weighted by molar-refractivity contribution is -0.145. The fourth-order valence-corrected chi connectivity index (χ4v) is 3.91. The minimum atomic E-state index is -0.866. The molecule has 3 rings (SSSR count). The van der Waals surface area contributed by atoms with Crippen LogP contribution in [0.1, 0.15) is 61.6 Å². The van der Waals surface area contributed by atoms with Gasteiger partial charge < -0.3 is 10.2 Å². The minimum absolute atomic E-state index is 0.190. The van der Waals surface area contributed by atoms with Crippen LogP contribution in [-0.4, -0.2) is 16.2 Å². The van der Waals surface area contributed by atoms with E-state index in [-0.39, 0.29) is 5.75 Å². The number of aromatic hydroxyl groups is 1. The molecule has 2 aliphatic carbocycles. The van der Waals surface area contributed by atoms with Crippen LogP contribution in [0.2, 0.25) is 0 Å². The first-order chi connectivity index (χ1) is 9.63. The highest BCUT2D eigenvalue weighted by Gasteiger charge is 2.43. The lowest BCUT2D eigenvalue weighted by Crippen LogP contribution is -2.38. The van der Waals surface area contributed by atoms with E-state index in [0.717, 1.165) is 44.9 Å². The van der Waals surface area contributed by atoms with E-state index in [1.54, 1.807) is 0 Å². The van der Waals surface area contributed by atoms with Crippen molar-refractivity contribution < 1.29 is 15.0 Å². The van der Waals surface area contributed by atoms with Crippen LogP contribution < -0.4 is 0 Å². The van der Waals surface area contributed by atoms with Crippen LogP contribution in [0.4, 0.5) is 0 Å². The first-order valence-electron chi connectivity index (χ1n) is 7.72. The van der Waals surface area contributed by atoms with E-state index in [9.17, 15) is 15.0 Å². The summed E-state index contributed by atoms with van der Waals surface area (Å²) < 4.78 is 0. The van der Waals surface area contributed by atoms with Crippen molar-refractivity contribution in [2.45, 2.75) is 63.2 Å². The third-order valence-electron chi connectivity index (χ3n) is 5.09. The zero-order chi connectivity index (χ0) is 14.2. The van der Waals surface area contributed by atoms with Gasteiger partial charge in [0.2, 0.25) is 0 Å². The molecule has 20 heavy (non-hydrogen) atoms. The third-order valence-corrected chi connectivity index (χ3v) is 5.09. The summed E-state index contributed by atoms with van der Waals surface area (Å²) >= 11 is 0. The quantitative estimate of drug-likeness (QED) is 0.867. The highest BCUT2D eigenvalue weighted by molar-refractivity contribution is 5.83. The van der Waals surface area contributed by atoms with Crippen molar-refractivity contribution in [3.63, 3.8) is 0 Å². The molecule has 0 amide bonds. The minimum Gasteiger partial charge on any atom is -0.508 e. The summed E-state index contributed by atoms with van der Waals surface area (Å²) in [5.74, 6) is -0.585. The Morgan fingerprint density at radius 3 is 2.15 bits per heavy atom. The monoisotopic (exact) mass is 274 g/mol. The molecule has 0 aliphatic heterocycles. The smallest absolute Gasteiger partial charge is 0.314 e. The molecule has 0 heterocycles. The average molecular weight is 274 g/mol. The molecular weight excluding hydrogens is 252 g/mol. The molecule has 1 fully saturated rings. The molecule has 1 aromatic rings. The Kier molecular flexibility index (Phi) is 3.45. The zero-order valence-corrected chi connectivity index (χ0v) is 11.8. The second-order valence-electron chi connectivity index (χ2n) is 6.29. The van der Waals surface area contributed by atoms with Crippen molar-refractivity contribution in [1.29, 1.82) is 0 Å². The fourth-order valence-electron chi connectivity index (χ4n) is 3.91. The number of aryl methyl sites for hydroxylation is 2. The van der Waals surface area contributed by atoms with Crippen LogP contribution in [0.5, 0.6) is 5.75 Å². The largest absolute Gasteiger partial charge is 0.508 e. The molecule has 0 spiro atoms. The van der Waals surface area contributed by atoms with Gasteiger partial charge in [0.05, 0.1) is 5.41 Å². The number of carboxylic acid groups (broad SMARTS) is 1. The van der Waals surface area contributed by atoms with E-state index < -0.39 is 11.4 Å². The van der Waals surface area contributed by atoms with Gasteiger partial charge in [0.1, 0.15) is 5.75 Å². The van der Waals surface area contributed by atoms with Crippen molar-refractivity contribution in [2.24, 2.45) is 0 Å². The molecular formula is C17H22O3. The van der Waals surface area contributed by atoms with Crippen LogP contribution >= 0.6 is 0 Å². The van der Waals surface area contributed by atoms with Gasteiger partial charge in [0, 0.05) is 5.56 Å². The molecule has 108 valence electrons. The molecule has 1 aromatic carbocycles. The van der Waals surface area contributed by atoms with Crippen molar-refractivity contribution >= 4 is 5.97 Å².